The second kappa shape index (κ2) is 7.17. The van der Waals surface area contributed by atoms with Gasteiger partial charge >= 0.3 is 0 Å². The summed E-state index contributed by atoms with van der Waals surface area (Å²) in [5.74, 6) is -0.313. The summed E-state index contributed by atoms with van der Waals surface area (Å²) in [7, 11) is 0. The third-order valence-electron chi connectivity index (χ3n) is 4.33. The van der Waals surface area contributed by atoms with Crippen LogP contribution in [-0.4, -0.2) is 27.2 Å². The Kier molecular flexibility index (Phi) is 4.56. The van der Waals surface area contributed by atoms with E-state index in [-0.39, 0.29) is 24.6 Å². The van der Waals surface area contributed by atoms with Gasteiger partial charge in [-0.05, 0) is 24.3 Å². The van der Waals surface area contributed by atoms with Gasteiger partial charge in [-0.2, -0.15) is 5.10 Å². The molecule has 0 unspecified atom stereocenters. The smallest absolute Gasteiger partial charge is 0.274 e. The van der Waals surface area contributed by atoms with Crippen LogP contribution in [0.5, 0.6) is 0 Å². The van der Waals surface area contributed by atoms with Crippen LogP contribution in [0.1, 0.15) is 10.4 Å². The molecule has 0 radical (unpaired) electrons. The molecule has 0 fully saturated rings. The van der Waals surface area contributed by atoms with E-state index in [9.17, 15) is 9.59 Å². The van der Waals surface area contributed by atoms with Crippen molar-refractivity contribution in [2.75, 3.05) is 6.54 Å². The molecule has 1 N–H and O–H groups in total. The SMILES string of the molecule is O=C(NCCn1ncc2ccccc2c1=O)c1c(Cl)ccc2ncccc12. The van der Waals surface area contributed by atoms with E-state index in [1.165, 1.54) is 4.68 Å². The molecule has 0 saturated heterocycles. The number of amides is 1. The van der Waals surface area contributed by atoms with Gasteiger partial charge < -0.3 is 5.32 Å². The van der Waals surface area contributed by atoms with Gasteiger partial charge in [0, 0.05) is 23.5 Å². The van der Waals surface area contributed by atoms with E-state index >= 15 is 0 Å². The fraction of sp³-hybridized carbons (Fsp3) is 0.100. The van der Waals surface area contributed by atoms with Crippen molar-refractivity contribution in [2.45, 2.75) is 6.54 Å². The van der Waals surface area contributed by atoms with E-state index in [0.717, 1.165) is 5.39 Å². The highest BCUT2D eigenvalue weighted by atomic mass is 35.5. The van der Waals surface area contributed by atoms with E-state index in [2.05, 4.69) is 15.4 Å². The van der Waals surface area contributed by atoms with Crippen molar-refractivity contribution in [3.8, 4) is 0 Å². The minimum Gasteiger partial charge on any atom is -0.350 e. The van der Waals surface area contributed by atoms with Gasteiger partial charge in [0.2, 0.25) is 0 Å². The molecule has 2 heterocycles. The zero-order valence-corrected chi connectivity index (χ0v) is 15.0. The van der Waals surface area contributed by atoms with Gasteiger partial charge in [0.25, 0.3) is 11.5 Å². The van der Waals surface area contributed by atoms with Crippen LogP contribution in [0.2, 0.25) is 5.02 Å². The molecule has 27 heavy (non-hydrogen) atoms. The maximum Gasteiger partial charge on any atom is 0.274 e. The first-order chi connectivity index (χ1) is 13.1. The Hall–Kier alpha value is -3.25. The third-order valence-corrected chi connectivity index (χ3v) is 4.65. The molecule has 2 aromatic heterocycles. The fourth-order valence-corrected chi connectivity index (χ4v) is 3.26. The number of hydrogen-bond acceptors (Lipinski definition) is 4. The average Bonchev–Trinajstić information content (AvgIpc) is 2.69. The van der Waals surface area contributed by atoms with Crippen LogP contribution >= 0.6 is 11.6 Å². The minimum absolute atomic E-state index is 0.185. The summed E-state index contributed by atoms with van der Waals surface area (Å²) in [5, 5.41) is 9.39. The largest absolute Gasteiger partial charge is 0.350 e. The molecule has 0 aliphatic heterocycles. The van der Waals surface area contributed by atoms with Crippen LogP contribution in [-0.2, 0) is 6.54 Å². The van der Waals surface area contributed by atoms with Crippen LogP contribution in [0, 0.1) is 0 Å². The van der Waals surface area contributed by atoms with Gasteiger partial charge in [0.1, 0.15) is 0 Å². The first kappa shape index (κ1) is 17.2. The maximum absolute atomic E-state index is 12.6. The van der Waals surface area contributed by atoms with Gasteiger partial charge in [-0.25, -0.2) is 4.68 Å². The van der Waals surface area contributed by atoms with E-state index in [1.54, 1.807) is 42.7 Å². The van der Waals surface area contributed by atoms with Crippen LogP contribution < -0.4 is 10.9 Å². The summed E-state index contributed by atoms with van der Waals surface area (Å²) in [6.45, 7) is 0.507. The molecule has 7 heteroatoms. The molecule has 0 aliphatic carbocycles. The van der Waals surface area contributed by atoms with Gasteiger partial charge in [-0.3, -0.25) is 14.6 Å². The summed E-state index contributed by atoms with van der Waals surface area (Å²) < 4.78 is 1.34. The third kappa shape index (κ3) is 3.27. The van der Waals surface area contributed by atoms with E-state index in [4.69, 9.17) is 11.6 Å². The van der Waals surface area contributed by atoms with Gasteiger partial charge in [0.15, 0.2) is 0 Å². The summed E-state index contributed by atoms with van der Waals surface area (Å²) in [6, 6.07) is 14.3. The number of carbonyl (C=O) groups is 1. The number of carbonyl (C=O) groups excluding carboxylic acids is 1. The Morgan fingerprint density at radius 3 is 2.78 bits per heavy atom. The summed E-state index contributed by atoms with van der Waals surface area (Å²) in [6.07, 6.45) is 3.31. The van der Waals surface area contributed by atoms with Crippen molar-refractivity contribution in [1.29, 1.82) is 0 Å². The molecular weight excluding hydrogens is 364 g/mol. The van der Waals surface area contributed by atoms with Crippen molar-refractivity contribution in [1.82, 2.24) is 20.1 Å². The molecule has 0 aliphatic rings. The van der Waals surface area contributed by atoms with Crippen molar-refractivity contribution >= 4 is 39.2 Å². The van der Waals surface area contributed by atoms with Crippen molar-refractivity contribution in [2.24, 2.45) is 0 Å². The number of pyridine rings is 1. The Bertz CT molecular complexity index is 1220. The number of rotatable bonds is 4. The van der Waals surface area contributed by atoms with Crippen LogP contribution in [0.4, 0.5) is 0 Å². The number of hydrogen-bond donors (Lipinski definition) is 1. The predicted octanol–water partition coefficient (Wildman–Crippen LogP) is 3.03. The molecular formula is C20H15ClN4O2. The quantitative estimate of drug-likeness (QED) is 0.592. The van der Waals surface area contributed by atoms with Crippen molar-refractivity contribution in [3.63, 3.8) is 0 Å². The van der Waals surface area contributed by atoms with Crippen LogP contribution in [0.25, 0.3) is 21.7 Å². The second-order valence-corrected chi connectivity index (χ2v) is 6.42. The predicted molar refractivity (Wildman–Crippen MR) is 105 cm³/mol. The molecule has 0 atom stereocenters. The lowest BCUT2D eigenvalue weighted by atomic mass is 10.1. The Morgan fingerprint density at radius 2 is 1.89 bits per heavy atom. The topological polar surface area (TPSA) is 76.9 Å². The first-order valence-electron chi connectivity index (χ1n) is 8.41. The Labute approximate surface area is 159 Å². The van der Waals surface area contributed by atoms with Gasteiger partial charge in [-0.15, -0.1) is 0 Å². The lowest BCUT2D eigenvalue weighted by Crippen LogP contribution is -2.32. The van der Waals surface area contributed by atoms with Crippen molar-refractivity contribution in [3.05, 3.63) is 81.9 Å². The highest BCUT2D eigenvalue weighted by molar-refractivity contribution is 6.35. The molecule has 134 valence electrons. The summed E-state index contributed by atoms with van der Waals surface area (Å²) in [4.78, 5) is 29.3. The molecule has 0 spiro atoms. The fourth-order valence-electron chi connectivity index (χ4n) is 3.01. The van der Waals surface area contributed by atoms with Gasteiger partial charge in [0.05, 0.1) is 34.2 Å². The van der Waals surface area contributed by atoms with E-state index < -0.39 is 0 Å². The van der Waals surface area contributed by atoms with E-state index in [0.29, 0.717) is 26.9 Å². The maximum atomic E-state index is 12.6. The van der Waals surface area contributed by atoms with Crippen LogP contribution in [0.15, 0.2) is 65.7 Å². The average molecular weight is 379 g/mol. The van der Waals surface area contributed by atoms with Crippen LogP contribution in [0.3, 0.4) is 0 Å². The first-order valence-corrected chi connectivity index (χ1v) is 8.79. The second-order valence-electron chi connectivity index (χ2n) is 6.01. The number of fused-ring (bicyclic) bond motifs is 2. The molecule has 4 aromatic rings. The summed E-state index contributed by atoms with van der Waals surface area (Å²) in [5.41, 5.74) is 0.885. The normalized spacial score (nSPS) is 11.0. The lowest BCUT2D eigenvalue weighted by Gasteiger charge is -2.10. The molecule has 4 rings (SSSR count). The zero-order chi connectivity index (χ0) is 18.8. The number of nitrogens with one attached hydrogen (secondary N) is 1. The molecule has 6 nitrogen and oxygen atoms in total. The zero-order valence-electron chi connectivity index (χ0n) is 14.2. The lowest BCUT2D eigenvalue weighted by molar-refractivity contribution is 0.0953. The van der Waals surface area contributed by atoms with E-state index in [1.807, 2.05) is 18.2 Å². The monoisotopic (exact) mass is 378 g/mol. The molecule has 0 bridgehead atoms. The number of nitrogens with zero attached hydrogens (tertiary/aromatic N) is 3. The number of halogens is 1. The Morgan fingerprint density at radius 1 is 1.07 bits per heavy atom. The van der Waals surface area contributed by atoms with Gasteiger partial charge in [-0.1, -0.05) is 35.9 Å². The van der Waals surface area contributed by atoms with Crippen molar-refractivity contribution < 1.29 is 4.79 Å². The minimum atomic E-state index is -0.313. The molecule has 2 aromatic carbocycles. The highest BCUT2D eigenvalue weighted by Crippen LogP contribution is 2.24. The Balaban J connectivity index is 1.54. The molecule has 0 saturated carbocycles. The number of aromatic nitrogens is 3. The highest BCUT2D eigenvalue weighted by Gasteiger charge is 2.14. The number of benzene rings is 2. The summed E-state index contributed by atoms with van der Waals surface area (Å²) >= 11 is 6.23. The molecule has 1 amide bonds. The standard InChI is InChI=1S/C20H15ClN4O2/c21-16-7-8-17-15(6-3-9-22-17)18(16)19(26)23-10-11-25-20(27)14-5-2-1-4-13(14)12-24-25/h1-9,12H,10-11H2,(H,23,26).